The van der Waals surface area contributed by atoms with E-state index in [4.69, 9.17) is 10.5 Å². The van der Waals surface area contributed by atoms with Crippen molar-refractivity contribution in [2.45, 2.75) is 12.5 Å². The minimum Gasteiger partial charge on any atom is -0.381 e. The van der Waals surface area contributed by atoms with Gasteiger partial charge in [-0.05, 0) is 13.0 Å². The van der Waals surface area contributed by atoms with Gasteiger partial charge < -0.3 is 15.4 Å². The SMILES string of the molecule is NC1CN(CCC2COC2)C1. The van der Waals surface area contributed by atoms with Crippen molar-refractivity contribution in [1.29, 1.82) is 0 Å². The van der Waals surface area contributed by atoms with Crippen LogP contribution >= 0.6 is 0 Å². The van der Waals surface area contributed by atoms with Gasteiger partial charge >= 0.3 is 0 Å². The summed E-state index contributed by atoms with van der Waals surface area (Å²) in [7, 11) is 0. The van der Waals surface area contributed by atoms with Gasteiger partial charge in [0.1, 0.15) is 0 Å². The van der Waals surface area contributed by atoms with Gasteiger partial charge in [0.15, 0.2) is 0 Å². The predicted molar refractivity (Wildman–Crippen MR) is 43.3 cm³/mol. The number of hydrogen-bond acceptors (Lipinski definition) is 3. The second-order valence-corrected chi connectivity index (χ2v) is 3.71. The van der Waals surface area contributed by atoms with Gasteiger partial charge in [0.05, 0.1) is 13.2 Å². The molecule has 11 heavy (non-hydrogen) atoms. The number of likely N-dealkylation sites (tertiary alicyclic amines) is 1. The molecule has 64 valence electrons. The maximum Gasteiger partial charge on any atom is 0.0516 e. The van der Waals surface area contributed by atoms with Crippen LogP contribution in [-0.4, -0.2) is 43.8 Å². The molecule has 0 radical (unpaired) electrons. The average Bonchev–Trinajstić information content (AvgIpc) is 1.80. The zero-order valence-electron chi connectivity index (χ0n) is 6.83. The van der Waals surface area contributed by atoms with Crippen molar-refractivity contribution in [3.05, 3.63) is 0 Å². The van der Waals surface area contributed by atoms with E-state index in [2.05, 4.69) is 4.90 Å². The van der Waals surface area contributed by atoms with E-state index in [1.54, 1.807) is 0 Å². The van der Waals surface area contributed by atoms with Gasteiger partial charge in [0.2, 0.25) is 0 Å². The van der Waals surface area contributed by atoms with E-state index in [1.807, 2.05) is 0 Å². The Hall–Kier alpha value is -0.120. The summed E-state index contributed by atoms with van der Waals surface area (Å²) in [5.41, 5.74) is 5.66. The van der Waals surface area contributed by atoms with E-state index < -0.39 is 0 Å². The summed E-state index contributed by atoms with van der Waals surface area (Å²) in [6.45, 7) is 5.41. The van der Waals surface area contributed by atoms with Crippen LogP contribution in [0.15, 0.2) is 0 Å². The molecule has 2 saturated heterocycles. The maximum atomic E-state index is 5.66. The Morgan fingerprint density at radius 3 is 2.55 bits per heavy atom. The molecule has 0 aromatic rings. The van der Waals surface area contributed by atoms with Crippen LogP contribution in [-0.2, 0) is 4.74 Å². The first-order valence-electron chi connectivity index (χ1n) is 4.40. The zero-order valence-corrected chi connectivity index (χ0v) is 6.83. The molecule has 0 amide bonds. The summed E-state index contributed by atoms with van der Waals surface area (Å²) < 4.78 is 5.10. The molecule has 3 nitrogen and oxygen atoms in total. The number of rotatable bonds is 3. The molecule has 2 fully saturated rings. The maximum absolute atomic E-state index is 5.66. The summed E-state index contributed by atoms with van der Waals surface area (Å²) in [5.74, 6) is 0.840. The van der Waals surface area contributed by atoms with E-state index in [-0.39, 0.29) is 0 Å². The van der Waals surface area contributed by atoms with Crippen molar-refractivity contribution < 1.29 is 4.74 Å². The third-order valence-electron chi connectivity index (χ3n) is 2.55. The van der Waals surface area contributed by atoms with Crippen LogP contribution in [0.5, 0.6) is 0 Å². The first-order chi connectivity index (χ1) is 5.34. The molecular formula is C8H16N2O. The Balaban J connectivity index is 1.53. The average molecular weight is 156 g/mol. The van der Waals surface area contributed by atoms with Crippen LogP contribution in [0.2, 0.25) is 0 Å². The molecule has 0 aromatic carbocycles. The Bertz CT molecular complexity index is 130. The van der Waals surface area contributed by atoms with Crippen molar-refractivity contribution in [3.63, 3.8) is 0 Å². The molecule has 0 aromatic heterocycles. The van der Waals surface area contributed by atoms with Crippen LogP contribution in [0, 0.1) is 5.92 Å². The summed E-state index contributed by atoms with van der Waals surface area (Å²) >= 11 is 0. The summed E-state index contributed by atoms with van der Waals surface area (Å²) in [5, 5.41) is 0. The van der Waals surface area contributed by atoms with Crippen LogP contribution in [0.4, 0.5) is 0 Å². The van der Waals surface area contributed by atoms with Crippen LogP contribution in [0.3, 0.4) is 0 Å². The second-order valence-electron chi connectivity index (χ2n) is 3.71. The van der Waals surface area contributed by atoms with Crippen LogP contribution < -0.4 is 5.73 Å². The van der Waals surface area contributed by atoms with Gasteiger partial charge in [-0.1, -0.05) is 0 Å². The molecule has 2 aliphatic heterocycles. The normalized spacial score (nSPS) is 28.1. The Kier molecular flexibility index (Phi) is 2.11. The highest BCUT2D eigenvalue weighted by Gasteiger charge is 2.25. The molecule has 0 bridgehead atoms. The second kappa shape index (κ2) is 3.09. The van der Waals surface area contributed by atoms with E-state index in [0.717, 1.165) is 32.2 Å². The first kappa shape index (κ1) is 7.53. The van der Waals surface area contributed by atoms with Crippen LogP contribution in [0.25, 0.3) is 0 Å². The molecule has 0 atom stereocenters. The number of nitrogens with zero attached hydrogens (tertiary/aromatic N) is 1. The minimum absolute atomic E-state index is 0.452. The third kappa shape index (κ3) is 1.72. The lowest BCUT2D eigenvalue weighted by Crippen LogP contribution is -2.56. The molecular weight excluding hydrogens is 140 g/mol. The van der Waals surface area contributed by atoms with Gasteiger partial charge in [-0.15, -0.1) is 0 Å². The van der Waals surface area contributed by atoms with Gasteiger partial charge in [0.25, 0.3) is 0 Å². The van der Waals surface area contributed by atoms with Crippen molar-refractivity contribution in [2.24, 2.45) is 11.7 Å². The van der Waals surface area contributed by atoms with Crippen molar-refractivity contribution >= 4 is 0 Å². The highest BCUT2D eigenvalue weighted by Crippen LogP contribution is 2.16. The van der Waals surface area contributed by atoms with E-state index in [9.17, 15) is 0 Å². The summed E-state index contributed by atoms with van der Waals surface area (Å²) in [4.78, 5) is 2.42. The summed E-state index contributed by atoms with van der Waals surface area (Å²) in [6.07, 6.45) is 1.30. The van der Waals surface area contributed by atoms with Gasteiger partial charge in [-0.2, -0.15) is 0 Å². The van der Waals surface area contributed by atoms with E-state index >= 15 is 0 Å². The number of ether oxygens (including phenoxy) is 1. The number of nitrogens with two attached hydrogens (primary N) is 1. The van der Waals surface area contributed by atoms with Gasteiger partial charge in [-0.25, -0.2) is 0 Å². The van der Waals surface area contributed by atoms with E-state index in [1.165, 1.54) is 13.0 Å². The Morgan fingerprint density at radius 2 is 2.09 bits per heavy atom. The molecule has 2 N–H and O–H groups in total. The van der Waals surface area contributed by atoms with Gasteiger partial charge in [-0.3, -0.25) is 0 Å². The fraction of sp³-hybridized carbons (Fsp3) is 1.00. The Labute approximate surface area is 67.5 Å². The molecule has 2 aliphatic rings. The molecule has 0 saturated carbocycles. The highest BCUT2D eigenvalue weighted by molar-refractivity contribution is 4.83. The fourth-order valence-electron chi connectivity index (χ4n) is 1.61. The quantitative estimate of drug-likeness (QED) is 0.608. The lowest BCUT2D eigenvalue weighted by molar-refractivity contribution is -0.0416. The van der Waals surface area contributed by atoms with Crippen molar-refractivity contribution in [3.8, 4) is 0 Å². The third-order valence-corrected chi connectivity index (χ3v) is 2.55. The smallest absolute Gasteiger partial charge is 0.0516 e. The minimum atomic E-state index is 0.452. The van der Waals surface area contributed by atoms with E-state index in [0.29, 0.717) is 6.04 Å². The van der Waals surface area contributed by atoms with Crippen molar-refractivity contribution in [2.75, 3.05) is 32.8 Å². The largest absolute Gasteiger partial charge is 0.381 e. The molecule has 0 unspecified atom stereocenters. The molecule has 2 rings (SSSR count). The standard InChI is InChI=1S/C8H16N2O/c9-8-3-10(4-8)2-1-7-5-11-6-7/h7-8H,1-6,9H2. The van der Waals surface area contributed by atoms with Gasteiger partial charge in [0, 0.05) is 25.0 Å². The first-order valence-corrected chi connectivity index (χ1v) is 4.40. The highest BCUT2D eigenvalue weighted by atomic mass is 16.5. The topological polar surface area (TPSA) is 38.5 Å². The number of hydrogen-bond donors (Lipinski definition) is 1. The molecule has 0 aliphatic carbocycles. The van der Waals surface area contributed by atoms with Crippen LogP contribution in [0.1, 0.15) is 6.42 Å². The molecule has 2 heterocycles. The lowest BCUT2D eigenvalue weighted by Gasteiger charge is -2.38. The van der Waals surface area contributed by atoms with Crippen molar-refractivity contribution in [1.82, 2.24) is 4.90 Å². The summed E-state index contributed by atoms with van der Waals surface area (Å²) in [6, 6.07) is 0.452. The predicted octanol–water partition coefficient (Wildman–Crippen LogP) is -0.334. The molecule has 0 spiro atoms. The lowest BCUT2D eigenvalue weighted by atomic mass is 10.0. The fourth-order valence-corrected chi connectivity index (χ4v) is 1.61. The Morgan fingerprint density at radius 1 is 1.36 bits per heavy atom. The molecule has 3 heteroatoms. The zero-order chi connectivity index (χ0) is 7.68. The monoisotopic (exact) mass is 156 g/mol.